The first-order valence-electron chi connectivity index (χ1n) is 4.32. The molecule has 0 radical (unpaired) electrons. The van der Waals surface area contributed by atoms with Crippen molar-refractivity contribution in [3.05, 3.63) is 41.6 Å². The molecule has 0 atom stereocenters. The Bertz CT molecular complexity index is 398. The summed E-state index contributed by atoms with van der Waals surface area (Å²) in [6, 6.07) is 3.68. The zero-order valence-corrected chi connectivity index (χ0v) is 8.77. The Morgan fingerprint density at radius 3 is 2.53 bits per heavy atom. The molecule has 0 amide bonds. The zero-order valence-electron chi connectivity index (χ0n) is 8.01. The number of aryl methyl sites for hydroxylation is 1. The number of hydrogen-bond donors (Lipinski definition) is 0. The lowest BCUT2D eigenvalue weighted by Crippen LogP contribution is -1.90. The van der Waals surface area contributed by atoms with Crippen molar-refractivity contribution in [1.29, 1.82) is 0 Å². The van der Waals surface area contributed by atoms with E-state index in [9.17, 15) is 0 Å². The van der Waals surface area contributed by atoms with E-state index in [0.717, 1.165) is 5.69 Å². The molecule has 5 heteroatoms. The summed E-state index contributed by atoms with van der Waals surface area (Å²) in [6.07, 6.45) is 4.52. The number of aromatic nitrogens is 3. The number of halogens is 1. The average molecular weight is 222 g/mol. The lowest BCUT2D eigenvalue weighted by molar-refractivity contribution is 0.458. The van der Waals surface area contributed by atoms with E-state index in [1.807, 2.05) is 19.1 Å². The molecule has 15 heavy (non-hydrogen) atoms. The van der Waals surface area contributed by atoms with Crippen molar-refractivity contribution >= 4 is 11.6 Å². The first kappa shape index (κ1) is 9.86. The van der Waals surface area contributed by atoms with E-state index in [0.29, 0.717) is 16.8 Å². The van der Waals surface area contributed by atoms with Crippen LogP contribution in [0.25, 0.3) is 0 Å². The molecule has 2 aromatic rings. The van der Waals surface area contributed by atoms with Crippen LogP contribution in [0.5, 0.6) is 11.6 Å². The second-order valence-corrected chi connectivity index (χ2v) is 3.30. The lowest BCUT2D eigenvalue weighted by atomic mass is 10.4. The fraction of sp³-hybridized carbons (Fsp3) is 0.100. The second kappa shape index (κ2) is 4.23. The van der Waals surface area contributed by atoms with Crippen LogP contribution in [0.15, 0.2) is 30.7 Å². The van der Waals surface area contributed by atoms with Gasteiger partial charge in [0.1, 0.15) is 10.9 Å². The summed E-state index contributed by atoms with van der Waals surface area (Å²) in [4.78, 5) is 11.9. The van der Waals surface area contributed by atoms with E-state index in [2.05, 4.69) is 15.0 Å². The second-order valence-electron chi connectivity index (χ2n) is 2.91. The van der Waals surface area contributed by atoms with Crippen LogP contribution in [-0.2, 0) is 0 Å². The summed E-state index contributed by atoms with van der Waals surface area (Å²) in [5.74, 6) is 1.02. The van der Waals surface area contributed by atoms with Gasteiger partial charge in [-0.15, -0.1) is 0 Å². The Hall–Kier alpha value is -1.68. The van der Waals surface area contributed by atoms with Crippen LogP contribution in [0.4, 0.5) is 0 Å². The number of rotatable bonds is 2. The Morgan fingerprint density at radius 2 is 1.93 bits per heavy atom. The lowest BCUT2D eigenvalue weighted by Gasteiger charge is -2.03. The van der Waals surface area contributed by atoms with Gasteiger partial charge < -0.3 is 4.74 Å². The number of nitrogens with zero attached hydrogens (tertiary/aromatic N) is 3. The third-order valence-electron chi connectivity index (χ3n) is 1.70. The molecule has 0 spiro atoms. The maximum atomic E-state index is 5.59. The fourth-order valence-electron chi connectivity index (χ4n) is 0.988. The van der Waals surface area contributed by atoms with Crippen LogP contribution in [0.1, 0.15) is 5.69 Å². The molecule has 2 heterocycles. The predicted octanol–water partition coefficient (Wildman–Crippen LogP) is 2.63. The third kappa shape index (κ3) is 2.63. The minimum absolute atomic E-state index is 0.337. The van der Waals surface area contributed by atoms with Crippen LogP contribution >= 0.6 is 11.6 Å². The smallest absolute Gasteiger partial charge is 0.238 e. The monoisotopic (exact) mass is 221 g/mol. The molecular weight excluding hydrogens is 214 g/mol. The van der Waals surface area contributed by atoms with Gasteiger partial charge in [-0.3, -0.25) is 4.98 Å². The minimum Gasteiger partial charge on any atom is -0.436 e. The normalized spacial score (nSPS) is 10.0. The molecule has 0 aliphatic rings. The average Bonchev–Trinajstić information content (AvgIpc) is 2.25. The summed E-state index contributed by atoms with van der Waals surface area (Å²) >= 11 is 5.59. The van der Waals surface area contributed by atoms with E-state index in [1.165, 1.54) is 12.4 Å². The van der Waals surface area contributed by atoms with Crippen molar-refractivity contribution in [2.45, 2.75) is 6.92 Å². The standard InChI is InChI=1S/C10H8ClN3O/c1-7-2-3-8(4-12-7)15-10-6-13-9(11)5-14-10/h2-6H,1H3. The summed E-state index contributed by atoms with van der Waals surface area (Å²) < 4.78 is 5.39. The van der Waals surface area contributed by atoms with Gasteiger partial charge in [-0.1, -0.05) is 11.6 Å². The Kier molecular flexibility index (Phi) is 2.78. The van der Waals surface area contributed by atoms with Crippen molar-refractivity contribution < 1.29 is 4.74 Å². The quantitative estimate of drug-likeness (QED) is 0.782. The van der Waals surface area contributed by atoms with Gasteiger partial charge in [-0.05, 0) is 19.1 Å². The van der Waals surface area contributed by atoms with Crippen LogP contribution in [0.2, 0.25) is 5.15 Å². The highest BCUT2D eigenvalue weighted by Gasteiger charge is 1.99. The minimum atomic E-state index is 0.337. The molecule has 0 aliphatic carbocycles. The highest BCUT2D eigenvalue weighted by Crippen LogP contribution is 2.17. The Labute approximate surface area is 91.9 Å². The molecule has 0 fully saturated rings. The van der Waals surface area contributed by atoms with Crippen LogP contribution in [-0.4, -0.2) is 15.0 Å². The molecule has 0 bridgehead atoms. The van der Waals surface area contributed by atoms with Gasteiger partial charge in [0.05, 0.1) is 18.6 Å². The molecule has 76 valence electrons. The molecule has 0 saturated heterocycles. The molecular formula is C10H8ClN3O. The summed E-state index contributed by atoms with van der Waals surface area (Å²) in [6.45, 7) is 1.91. The highest BCUT2D eigenvalue weighted by atomic mass is 35.5. The van der Waals surface area contributed by atoms with Gasteiger partial charge in [-0.2, -0.15) is 0 Å². The van der Waals surface area contributed by atoms with Gasteiger partial charge >= 0.3 is 0 Å². The Morgan fingerprint density at radius 1 is 1.07 bits per heavy atom. The van der Waals surface area contributed by atoms with E-state index in [-0.39, 0.29) is 0 Å². The van der Waals surface area contributed by atoms with Gasteiger partial charge in [0.2, 0.25) is 5.88 Å². The summed E-state index contributed by atoms with van der Waals surface area (Å²) in [7, 11) is 0. The van der Waals surface area contributed by atoms with Crippen molar-refractivity contribution in [3.8, 4) is 11.6 Å². The zero-order chi connectivity index (χ0) is 10.7. The maximum absolute atomic E-state index is 5.59. The number of pyridine rings is 1. The van der Waals surface area contributed by atoms with Crippen LogP contribution in [0.3, 0.4) is 0 Å². The largest absolute Gasteiger partial charge is 0.436 e. The van der Waals surface area contributed by atoms with Crippen molar-refractivity contribution in [1.82, 2.24) is 15.0 Å². The SMILES string of the molecule is Cc1ccc(Oc2cnc(Cl)cn2)cn1. The number of hydrogen-bond acceptors (Lipinski definition) is 4. The van der Waals surface area contributed by atoms with E-state index >= 15 is 0 Å². The predicted molar refractivity (Wildman–Crippen MR) is 56.1 cm³/mol. The first-order chi connectivity index (χ1) is 7.24. The molecule has 4 nitrogen and oxygen atoms in total. The Balaban J connectivity index is 2.15. The molecule has 2 rings (SSSR count). The van der Waals surface area contributed by atoms with Crippen molar-refractivity contribution in [3.63, 3.8) is 0 Å². The number of ether oxygens (including phenoxy) is 1. The topological polar surface area (TPSA) is 47.9 Å². The van der Waals surface area contributed by atoms with Gasteiger partial charge in [0, 0.05) is 5.69 Å². The summed E-state index contributed by atoms with van der Waals surface area (Å²) in [5, 5.41) is 0.337. The van der Waals surface area contributed by atoms with E-state index in [1.54, 1.807) is 6.20 Å². The summed E-state index contributed by atoms with van der Waals surface area (Å²) in [5.41, 5.74) is 0.935. The first-order valence-corrected chi connectivity index (χ1v) is 4.70. The fourth-order valence-corrected chi connectivity index (χ4v) is 1.09. The van der Waals surface area contributed by atoms with Gasteiger partial charge in [-0.25, -0.2) is 9.97 Å². The molecule has 0 N–H and O–H groups in total. The molecule has 0 aromatic carbocycles. The molecule has 0 saturated carbocycles. The maximum Gasteiger partial charge on any atom is 0.238 e. The molecule has 2 aromatic heterocycles. The van der Waals surface area contributed by atoms with Gasteiger partial charge in [0.15, 0.2) is 0 Å². The van der Waals surface area contributed by atoms with Crippen LogP contribution in [0, 0.1) is 6.92 Å². The van der Waals surface area contributed by atoms with E-state index < -0.39 is 0 Å². The van der Waals surface area contributed by atoms with Crippen molar-refractivity contribution in [2.75, 3.05) is 0 Å². The van der Waals surface area contributed by atoms with Crippen LogP contribution < -0.4 is 4.74 Å². The van der Waals surface area contributed by atoms with Gasteiger partial charge in [0.25, 0.3) is 0 Å². The highest BCUT2D eigenvalue weighted by molar-refractivity contribution is 6.29. The van der Waals surface area contributed by atoms with Crippen molar-refractivity contribution in [2.24, 2.45) is 0 Å². The molecule has 0 unspecified atom stereocenters. The van der Waals surface area contributed by atoms with E-state index in [4.69, 9.17) is 16.3 Å². The molecule has 0 aliphatic heterocycles. The third-order valence-corrected chi connectivity index (χ3v) is 1.90.